The molecular weight excluding hydrogens is 268 g/mol. The van der Waals surface area contributed by atoms with Gasteiger partial charge in [0.25, 0.3) is 0 Å². The summed E-state index contributed by atoms with van der Waals surface area (Å²) >= 11 is 0. The van der Waals surface area contributed by atoms with Crippen LogP contribution >= 0.6 is 0 Å². The molecule has 5 nitrogen and oxygen atoms in total. The van der Waals surface area contributed by atoms with Gasteiger partial charge in [0.2, 0.25) is 5.91 Å². The van der Waals surface area contributed by atoms with E-state index in [1.807, 2.05) is 25.8 Å². The maximum atomic E-state index is 11.9. The van der Waals surface area contributed by atoms with Crippen LogP contribution in [0.3, 0.4) is 0 Å². The van der Waals surface area contributed by atoms with Crippen LogP contribution in [-0.2, 0) is 4.79 Å². The third-order valence-electron chi connectivity index (χ3n) is 3.59. The Morgan fingerprint density at radius 3 is 2.33 bits per heavy atom. The first kappa shape index (κ1) is 17.5. The minimum atomic E-state index is -0.746. The Bertz CT molecular complexity index is 445. The molecule has 21 heavy (non-hydrogen) atoms. The topological polar surface area (TPSA) is 61.8 Å². The zero-order valence-corrected chi connectivity index (χ0v) is 13.5. The van der Waals surface area contributed by atoms with Crippen molar-refractivity contribution in [1.82, 2.24) is 10.2 Å². The van der Waals surface area contributed by atoms with Gasteiger partial charge in [0.1, 0.15) is 5.75 Å². The fraction of sp³-hybridized carbons (Fsp3) is 0.562. The highest BCUT2D eigenvalue weighted by atomic mass is 16.5. The molecule has 2 unspecified atom stereocenters. The fourth-order valence-corrected chi connectivity index (χ4v) is 1.88. The van der Waals surface area contributed by atoms with E-state index in [4.69, 9.17) is 4.74 Å². The van der Waals surface area contributed by atoms with Crippen molar-refractivity contribution >= 4 is 5.91 Å². The number of carbonyl (C=O) groups is 1. The summed E-state index contributed by atoms with van der Waals surface area (Å²) < 4.78 is 5.08. The van der Waals surface area contributed by atoms with E-state index < -0.39 is 6.10 Å². The van der Waals surface area contributed by atoms with Crippen LogP contribution in [0, 0.1) is 0 Å². The molecule has 0 aliphatic heterocycles. The predicted molar refractivity (Wildman–Crippen MR) is 83.3 cm³/mol. The van der Waals surface area contributed by atoms with E-state index in [9.17, 15) is 9.90 Å². The Labute approximate surface area is 126 Å². The van der Waals surface area contributed by atoms with E-state index in [-0.39, 0.29) is 11.9 Å². The molecule has 0 heterocycles. The van der Waals surface area contributed by atoms with Gasteiger partial charge in [0.15, 0.2) is 0 Å². The van der Waals surface area contributed by atoms with Crippen LogP contribution in [0.1, 0.15) is 32.4 Å². The normalized spacial score (nSPS) is 14.1. The molecule has 0 aliphatic rings. The second kappa shape index (κ2) is 8.00. The van der Waals surface area contributed by atoms with Crippen molar-refractivity contribution in [2.24, 2.45) is 0 Å². The van der Waals surface area contributed by atoms with Gasteiger partial charge in [-0.25, -0.2) is 0 Å². The molecule has 0 bridgehead atoms. The number of ether oxygens (including phenoxy) is 1. The summed E-state index contributed by atoms with van der Waals surface area (Å²) in [4.78, 5) is 13.9. The van der Waals surface area contributed by atoms with Crippen LogP contribution in [0.15, 0.2) is 24.3 Å². The van der Waals surface area contributed by atoms with Gasteiger partial charge in [0.05, 0.1) is 25.8 Å². The van der Waals surface area contributed by atoms with Crippen LogP contribution in [0.5, 0.6) is 5.75 Å². The molecule has 118 valence electrons. The molecule has 1 aromatic rings. The minimum absolute atomic E-state index is 0.0914. The minimum Gasteiger partial charge on any atom is -0.497 e. The molecule has 5 heteroatoms. The van der Waals surface area contributed by atoms with E-state index in [1.165, 1.54) is 0 Å². The lowest BCUT2D eigenvalue weighted by atomic mass is 10.0. The van der Waals surface area contributed by atoms with Crippen LogP contribution in [0.4, 0.5) is 0 Å². The molecule has 2 N–H and O–H groups in total. The molecule has 0 aliphatic carbocycles. The SMILES string of the molecule is COc1ccc(C(O)C(C)NC(=O)CN(C)C(C)C)cc1. The van der Waals surface area contributed by atoms with Crippen molar-refractivity contribution in [2.75, 3.05) is 20.7 Å². The molecular formula is C16H26N2O3. The van der Waals surface area contributed by atoms with E-state index in [0.717, 1.165) is 11.3 Å². The summed E-state index contributed by atoms with van der Waals surface area (Å²) in [6.07, 6.45) is -0.746. The van der Waals surface area contributed by atoms with Gasteiger partial charge in [-0.05, 0) is 45.5 Å². The number of amides is 1. The van der Waals surface area contributed by atoms with Crippen molar-refractivity contribution in [1.29, 1.82) is 0 Å². The largest absolute Gasteiger partial charge is 0.497 e. The monoisotopic (exact) mass is 294 g/mol. The van der Waals surface area contributed by atoms with Crippen molar-refractivity contribution in [2.45, 2.75) is 39.0 Å². The summed E-state index contributed by atoms with van der Waals surface area (Å²) in [6.45, 7) is 6.17. The van der Waals surface area contributed by atoms with Gasteiger partial charge in [-0.15, -0.1) is 0 Å². The molecule has 1 amide bonds. The molecule has 0 radical (unpaired) electrons. The van der Waals surface area contributed by atoms with Gasteiger partial charge in [-0.2, -0.15) is 0 Å². The maximum absolute atomic E-state index is 11.9. The first-order valence-electron chi connectivity index (χ1n) is 7.16. The number of likely N-dealkylation sites (N-methyl/N-ethyl adjacent to an activating group) is 1. The lowest BCUT2D eigenvalue weighted by molar-refractivity contribution is -0.123. The molecule has 2 atom stereocenters. The van der Waals surface area contributed by atoms with Gasteiger partial charge in [0, 0.05) is 6.04 Å². The zero-order chi connectivity index (χ0) is 16.0. The van der Waals surface area contributed by atoms with E-state index in [0.29, 0.717) is 12.6 Å². The summed E-state index contributed by atoms with van der Waals surface area (Å²) in [7, 11) is 3.49. The second-order valence-electron chi connectivity index (χ2n) is 5.58. The Hall–Kier alpha value is -1.59. The van der Waals surface area contributed by atoms with E-state index >= 15 is 0 Å². The molecule has 0 aromatic heterocycles. The number of hydrogen-bond donors (Lipinski definition) is 2. The quantitative estimate of drug-likeness (QED) is 0.801. The molecule has 1 aromatic carbocycles. The molecule has 0 spiro atoms. The number of rotatable bonds is 7. The standard InChI is InChI=1S/C16H26N2O3/c1-11(2)18(4)10-15(19)17-12(3)16(20)13-6-8-14(21-5)9-7-13/h6-9,11-12,16,20H,10H2,1-5H3,(H,17,19). The Morgan fingerprint density at radius 1 is 1.29 bits per heavy atom. The number of methoxy groups -OCH3 is 1. The predicted octanol–water partition coefficient (Wildman–Crippen LogP) is 1.57. The number of aliphatic hydroxyl groups is 1. The lowest BCUT2D eigenvalue weighted by Crippen LogP contribution is -2.43. The van der Waals surface area contributed by atoms with Crippen LogP contribution < -0.4 is 10.1 Å². The average molecular weight is 294 g/mol. The molecule has 0 saturated heterocycles. The smallest absolute Gasteiger partial charge is 0.234 e. The average Bonchev–Trinajstić information content (AvgIpc) is 2.46. The van der Waals surface area contributed by atoms with E-state index in [1.54, 1.807) is 38.3 Å². The van der Waals surface area contributed by atoms with Crippen LogP contribution in [-0.4, -0.2) is 48.7 Å². The highest BCUT2D eigenvalue weighted by Gasteiger charge is 2.19. The number of benzene rings is 1. The van der Waals surface area contributed by atoms with Crippen molar-refractivity contribution < 1.29 is 14.6 Å². The van der Waals surface area contributed by atoms with Gasteiger partial charge >= 0.3 is 0 Å². The van der Waals surface area contributed by atoms with Crippen molar-refractivity contribution in [3.05, 3.63) is 29.8 Å². The van der Waals surface area contributed by atoms with Gasteiger partial charge < -0.3 is 15.2 Å². The highest BCUT2D eigenvalue weighted by Crippen LogP contribution is 2.20. The van der Waals surface area contributed by atoms with Gasteiger partial charge in [-0.1, -0.05) is 12.1 Å². The number of nitrogens with one attached hydrogen (secondary N) is 1. The van der Waals surface area contributed by atoms with Crippen LogP contribution in [0.25, 0.3) is 0 Å². The van der Waals surface area contributed by atoms with Crippen LogP contribution in [0.2, 0.25) is 0 Å². The van der Waals surface area contributed by atoms with Crippen molar-refractivity contribution in [3.8, 4) is 5.75 Å². The zero-order valence-electron chi connectivity index (χ0n) is 13.5. The molecule has 0 saturated carbocycles. The second-order valence-corrected chi connectivity index (χ2v) is 5.58. The fourth-order valence-electron chi connectivity index (χ4n) is 1.88. The third kappa shape index (κ3) is 5.36. The Kier molecular flexibility index (Phi) is 6.65. The molecule has 0 fully saturated rings. The summed E-state index contributed by atoms with van der Waals surface area (Å²) in [5.41, 5.74) is 0.751. The number of nitrogens with zero attached hydrogens (tertiary/aromatic N) is 1. The number of carbonyl (C=O) groups excluding carboxylic acids is 1. The first-order chi connectivity index (χ1) is 9.85. The highest BCUT2D eigenvalue weighted by molar-refractivity contribution is 5.78. The Balaban J connectivity index is 2.57. The third-order valence-corrected chi connectivity index (χ3v) is 3.59. The summed E-state index contributed by atoms with van der Waals surface area (Å²) in [5, 5.41) is 13.1. The number of aliphatic hydroxyl groups excluding tert-OH is 1. The molecule has 1 rings (SSSR count). The summed E-state index contributed by atoms with van der Waals surface area (Å²) in [5.74, 6) is 0.646. The first-order valence-corrected chi connectivity index (χ1v) is 7.16. The maximum Gasteiger partial charge on any atom is 0.234 e. The van der Waals surface area contributed by atoms with Crippen molar-refractivity contribution in [3.63, 3.8) is 0 Å². The summed E-state index contributed by atoms with van der Waals surface area (Å²) in [6, 6.07) is 7.13. The number of hydrogen-bond acceptors (Lipinski definition) is 4. The van der Waals surface area contributed by atoms with E-state index in [2.05, 4.69) is 5.32 Å². The van der Waals surface area contributed by atoms with Gasteiger partial charge in [-0.3, -0.25) is 9.69 Å². The Morgan fingerprint density at radius 2 is 1.86 bits per heavy atom. The lowest BCUT2D eigenvalue weighted by Gasteiger charge is -2.24.